The first-order valence-electron chi connectivity index (χ1n) is 7.16. The van der Waals surface area contributed by atoms with Gasteiger partial charge in [0.1, 0.15) is 18.1 Å². The second-order valence-corrected chi connectivity index (χ2v) is 5.78. The summed E-state index contributed by atoms with van der Waals surface area (Å²) in [6, 6.07) is 10.5. The van der Waals surface area contributed by atoms with Crippen LogP contribution < -0.4 is 18.9 Å². The van der Waals surface area contributed by atoms with E-state index in [1.807, 2.05) is 0 Å². The lowest BCUT2D eigenvalue weighted by Gasteiger charge is -2.09. The summed E-state index contributed by atoms with van der Waals surface area (Å²) in [4.78, 5) is 11.8. The van der Waals surface area contributed by atoms with Gasteiger partial charge in [-0.2, -0.15) is 0 Å². The van der Waals surface area contributed by atoms with Gasteiger partial charge in [-0.1, -0.05) is 15.9 Å². The molecule has 7 heteroatoms. The van der Waals surface area contributed by atoms with Crippen molar-refractivity contribution in [1.29, 1.82) is 0 Å². The lowest BCUT2D eigenvalue weighted by Crippen LogP contribution is -2.14. The van der Waals surface area contributed by atoms with Crippen LogP contribution in [-0.2, 0) is 16.1 Å². The topological polar surface area (TPSA) is 63.2 Å². The fourth-order valence-electron chi connectivity index (χ4n) is 2.08. The van der Waals surface area contributed by atoms with Gasteiger partial charge in [-0.3, -0.25) is 0 Å². The molecule has 0 spiro atoms. The zero-order chi connectivity index (χ0) is 16.9. The van der Waals surface area contributed by atoms with Crippen LogP contribution in [0.2, 0.25) is 0 Å². The minimum atomic E-state index is -0.463. The Bertz CT molecular complexity index is 729. The number of benzene rings is 2. The first kappa shape index (κ1) is 16.4. The van der Waals surface area contributed by atoms with Gasteiger partial charge in [-0.25, -0.2) is 4.79 Å². The molecule has 0 aliphatic carbocycles. The van der Waals surface area contributed by atoms with Crippen LogP contribution in [-0.4, -0.2) is 26.5 Å². The number of ether oxygens (including phenoxy) is 5. The third-order valence-electron chi connectivity index (χ3n) is 3.35. The summed E-state index contributed by atoms with van der Waals surface area (Å²) in [5, 5.41) is 0. The van der Waals surface area contributed by atoms with Crippen LogP contribution in [0.5, 0.6) is 23.0 Å². The van der Waals surface area contributed by atoms with Crippen LogP contribution in [0.3, 0.4) is 0 Å². The second-order valence-electron chi connectivity index (χ2n) is 4.92. The van der Waals surface area contributed by atoms with Crippen molar-refractivity contribution in [2.45, 2.75) is 6.61 Å². The number of methoxy groups -OCH3 is 1. The largest absolute Gasteiger partial charge is 0.497 e. The van der Waals surface area contributed by atoms with Gasteiger partial charge in [-0.15, -0.1) is 0 Å². The molecule has 3 rings (SSSR count). The zero-order valence-corrected chi connectivity index (χ0v) is 14.5. The van der Waals surface area contributed by atoms with Crippen molar-refractivity contribution in [2.24, 2.45) is 0 Å². The highest BCUT2D eigenvalue weighted by Gasteiger charge is 2.17. The van der Waals surface area contributed by atoms with Gasteiger partial charge < -0.3 is 23.7 Å². The summed E-state index contributed by atoms with van der Waals surface area (Å²) >= 11 is 3.42. The van der Waals surface area contributed by atoms with E-state index in [2.05, 4.69) is 15.9 Å². The Labute approximate surface area is 147 Å². The van der Waals surface area contributed by atoms with Gasteiger partial charge >= 0.3 is 5.97 Å². The van der Waals surface area contributed by atoms with Gasteiger partial charge in [0.15, 0.2) is 18.1 Å². The third-order valence-corrected chi connectivity index (χ3v) is 4.08. The van der Waals surface area contributed by atoms with Crippen LogP contribution in [0.25, 0.3) is 0 Å². The smallest absolute Gasteiger partial charge is 0.344 e. The maximum Gasteiger partial charge on any atom is 0.344 e. The maximum atomic E-state index is 11.8. The van der Waals surface area contributed by atoms with Crippen molar-refractivity contribution in [3.05, 3.63) is 46.4 Å². The molecule has 24 heavy (non-hydrogen) atoms. The van der Waals surface area contributed by atoms with Gasteiger partial charge in [0.05, 0.1) is 7.11 Å². The summed E-state index contributed by atoms with van der Waals surface area (Å²) in [6.07, 6.45) is 0. The molecular formula is C17H15BrO6. The average molecular weight is 395 g/mol. The highest BCUT2D eigenvalue weighted by molar-refractivity contribution is 9.10. The van der Waals surface area contributed by atoms with Crippen molar-refractivity contribution in [3.63, 3.8) is 0 Å². The van der Waals surface area contributed by atoms with Crippen LogP contribution in [0, 0.1) is 0 Å². The maximum absolute atomic E-state index is 11.8. The standard InChI is InChI=1S/C17H15BrO6/c1-20-12-2-4-13(5-3-12)21-9-17(19)22-8-11-6-15-16(7-14(11)18)24-10-23-15/h2-7H,8-10H2,1H3. The highest BCUT2D eigenvalue weighted by atomic mass is 79.9. The summed E-state index contributed by atoms with van der Waals surface area (Å²) in [7, 11) is 1.58. The number of rotatable bonds is 6. The first-order valence-corrected chi connectivity index (χ1v) is 7.95. The second kappa shape index (κ2) is 7.44. The van der Waals surface area contributed by atoms with Crippen molar-refractivity contribution in [1.82, 2.24) is 0 Å². The molecular weight excluding hydrogens is 380 g/mol. The Morgan fingerprint density at radius 2 is 1.79 bits per heavy atom. The van der Waals surface area contributed by atoms with E-state index in [4.69, 9.17) is 23.7 Å². The van der Waals surface area contributed by atoms with Crippen LogP contribution in [0.15, 0.2) is 40.9 Å². The number of fused-ring (bicyclic) bond motifs is 1. The first-order chi connectivity index (χ1) is 11.7. The summed E-state index contributed by atoms with van der Waals surface area (Å²) in [6.45, 7) is 0.136. The molecule has 0 saturated heterocycles. The molecule has 0 saturated carbocycles. The predicted molar refractivity (Wildman–Crippen MR) is 88.6 cm³/mol. The number of carbonyl (C=O) groups is 1. The molecule has 2 aromatic rings. The fourth-order valence-corrected chi connectivity index (χ4v) is 2.52. The summed E-state index contributed by atoms with van der Waals surface area (Å²) < 4.78 is 27.0. The van der Waals surface area contributed by atoms with Crippen LogP contribution in [0.4, 0.5) is 0 Å². The molecule has 0 bridgehead atoms. The summed E-state index contributed by atoms with van der Waals surface area (Å²) in [5.74, 6) is 2.13. The zero-order valence-electron chi connectivity index (χ0n) is 12.9. The van der Waals surface area contributed by atoms with Crippen molar-refractivity contribution < 1.29 is 28.5 Å². The Morgan fingerprint density at radius 1 is 1.12 bits per heavy atom. The van der Waals surface area contributed by atoms with E-state index in [1.165, 1.54) is 0 Å². The molecule has 2 aromatic carbocycles. The molecule has 0 N–H and O–H groups in total. The van der Waals surface area contributed by atoms with Crippen LogP contribution >= 0.6 is 15.9 Å². The van der Waals surface area contributed by atoms with Crippen molar-refractivity contribution in [3.8, 4) is 23.0 Å². The fraction of sp³-hybridized carbons (Fsp3) is 0.235. The molecule has 1 aliphatic heterocycles. The van der Waals surface area contributed by atoms with E-state index in [1.54, 1.807) is 43.5 Å². The van der Waals surface area contributed by atoms with E-state index in [0.29, 0.717) is 17.2 Å². The number of carbonyl (C=O) groups excluding carboxylic acids is 1. The Hall–Kier alpha value is -2.41. The summed E-state index contributed by atoms with van der Waals surface area (Å²) in [5.41, 5.74) is 0.789. The lowest BCUT2D eigenvalue weighted by atomic mass is 10.2. The number of hydrogen-bond donors (Lipinski definition) is 0. The monoisotopic (exact) mass is 394 g/mol. The van der Waals surface area contributed by atoms with Crippen molar-refractivity contribution >= 4 is 21.9 Å². The van der Waals surface area contributed by atoms with Crippen molar-refractivity contribution in [2.75, 3.05) is 20.5 Å². The molecule has 0 atom stereocenters. The normalized spacial score (nSPS) is 11.9. The number of halogens is 1. The van der Waals surface area contributed by atoms with Gasteiger partial charge in [-0.05, 0) is 36.4 Å². The van der Waals surface area contributed by atoms with E-state index >= 15 is 0 Å². The van der Waals surface area contributed by atoms with E-state index in [-0.39, 0.29) is 20.0 Å². The molecule has 0 radical (unpaired) electrons. The third kappa shape index (κ3) is 3.91. The molecule has 0 amide bonds. The molecule has 0 unspecified atom stereocenters. The quantitative estimate of drug-likeness (QED) is 0.700. The molecule has 0 fully saturated rings. The number of esters is 1. The van der Waals surface area contributed by atoms with Gasteiger partial charge in [0, 0.05) is 10.0 Å². The SMILES string of the molecule is COc1ccc(OCC(=O)OCc2cc3c(cc2Br)OCO3)cc1. The lowest BCUT2D eigenvalue weighted by molar-refractivity contribution is -0.147. The van der Waals surface area contributed by atoms with E-state index in [9.17, 15) is 4.79 Å². The highest BCUT2D eigenvalue weighted by Crippen LogP contribution is 2.37. The van der Waals surface area contributed by atoms with E-state index < -0.39 is 5.97 Å². The number of hydrogen-bond acceptors (Lipinski definition) is 6. The Kier molecular flexibility index (Phi) is 5.10. The Morgan fingerprint density at radius 3 is 2.50 bits per heavy atom. The predicted octanol–water partition coefficient (Wildman–Crippen LogP) is 3.31. The Balaban J connectivity index is 1.50. The minimum Gasteiger partial charge on any atom is -0.497 e. The average Bonchev–Trinajstić information content (AvgIpc) is 3.05. The van der Waals surface area contributed by atoms with Crippen LogP contribution in [0.1, 0.15) is 5.56 Å². The minimum absolute atomic E-state index is 0.113. The molecule has 1 aliphatic rings. The van der Waals surface area contributed by atoms with Gasteiger partial charge in [0.25, 0.3) is 0 Å². The molecule has 0 aromatic heterocycles. The van der Waals surface area contributed by atoms with E-state index in [0.717, 1.165) is 15.8 Å². The van der Waals surface area contributed by atoms with Gasteiger partial charge in [0.2, 0.25) is 6.79 Å². The molecule has 1 heterocycles. The molecule has 6 nitrogen and oxygen atoms in total. The molecule has 126 valence electrons.